The number of halogens is 2. The lowest BCUT2D eigenvalue weighted by Crippen LogP contribution is -1.95. The summed E-state index contributed by atoms with van der Waals surface area (Å²) in [5.41, 5.74) is 4.27. The molecule has 0 radical (unpaired) electrons. The van der Waals surface area contributed by atoms with Crippen LogP contribution in [-0.4, -0.2) is 0 Å². The van der Waals surface area contributed by atoms with Crippen LogP contribution >= 0.6 is 11.6 Å². The Morgan fingerprint density at radius 1 is 0.538 bits per heavy atom. The van der Waals surface area contributed by atoms with Gasteiger partial charge in [-0.25, -0.2) is 4.39 Å². The van der Waals surface area contributed by atoms with Gasteiger partial charge in [0.2, 0.25) is 0 Å². The lowest BCUT2D eigenvalue weighted by Gasteiger charge is -2.17. The third kappa shape index (κ3) is 3.02. The number of hydrogen-bond acceptors (Lipinski definition) is 0. The Hall–Kier alpha value is -2.90. The van der Waals surface area contributed by atoms with E-state index in [0.29, 0.717) is 16.1 Å². The molecule has 0 saturated heterocycles. The quantitative estimate of drug-likeness (QED) is 0.356. The lowest BCUT2D eigenvalue weighted by molar-refractivity contribution is 0.635. The van der Waals surface area contributed by atoms with Gasteiger partial charge in [0.25, 0.3) is 0 Å². The predicted molar refractivity (Wildman–Crippen MR) is 108 cm³/mol. The summed E-state index contributed by atoms with van der Waals surface area (Å²) in [6, 6.07) is 30.5. The third-order valence-corrected chi connectivity index (χ3v) is 4.72. The van der Waals surface area contributed by atoms with Crippen molar-refractivity contribution in [2.45, 2.75) is 0 Å². The Morgan fingerprint density at radius 2 is 0.962 bits per heavy atom. The second-order valence-electron chi connectivity index (χ2n) is 6.07. The van der Waals surface area contributed by atoms with E-state index in [2.05, 4.69) is 0 Å². The maximum absolute atomic E-state index is 15.7. The van der Waals surface area contributed by atoms with E-state index in [0.717, 1.165) is 22.3 Å². The standard InChI is InChI=1S/C24H16ClF/c25-21-16-20(17-10-4-1-5-11-17)24(26)23(19-14-8-3-9-15-19)22(21)18-12-6-2-7-13-18/h1-16H. The highest BCUT2D eigenvalue weighted by Crippen LogP contribution is 2.43. The van der Waals surface area contributed by atoms with Gasteiger partial charge in [-0.2, -0.15) is 0 Å². The Morgan fingerprint density at radius 3 is 1.46 bits per heavy atom. The van der Waals surface area contributed by atoms with Crippen molar-refractivity contribution in [2.75, 3.05) is 0 Å². The smallest absolute Gasteiger partial charge is 0.139 e. The lowest BCUT2D eigenvalue weighted by atomic mass is 9.90. The van der Waals surface area contributed by atoms with Crippen LogP contribution in [0.5, 0.6) is 0 Å². The molecule has 4 aromatic carbocycles. The van der Waals surface area contributed by atoms with E-state index in [1.54, 1.807) is 6.07 Å². The first-order valence-corrected chi connectivity index (χ1v) is 8.82. The van der Waals surface area contributed by atoms with Crippen LogP contribution in [0.4, 0.5) is 4.39 Å². The fraction of sp³-hybridized carbons (Fsp3) is 0. The van der Waals surface area contributed by atoms with Crippen molar-refractivity contribution >= 4 is 11.6 Å². The van der Waals surface area contributed by atoms with Crippen LogP contribution in [0.2, 0.25) is 5.02 Å². The van der Waals surface area contributed by atoms with Crippen molar-refractivity contribution in [2.24, 2.45) is 0 Å². The van der Waals surface area contributed by atoms with Crippen LogP contribution in [0.15, 0.2) is 97.1 Å². The maximum atomic E-state index is 15.7. The van der Waals surface area contributed by atoms with Crippen molar-refractivity contribution in [3.8, 4) is 33.4 Å². The van der Waals surface area contributed by atoms with Crippen LogP contribution in [-0.2, 0) is 0 Å². The summed E-state index contributed by atoms with van der Waals surface area (Å²) in [6.07, 6.45) is 0. The van der Waals surface area contributed by atoms with Gasteiger partial charge in [-0.1, -0.05) is 103 Å². The van der Waals surface area contributed by atoms with Crippen LogP contribution in [0.3, 0.4) is 0 Å². The molecule has 4 rings (SSSR count). The summed E-state index contributed by atoms with van der Waals surface area (Å²) >= 11 is 6.67. The molecule has 0 heterocycles. The molecule has 2 heteroatoms. The van der Waals surface area contributed by atoms with Gasteiger partial charge in [-0.15, -0.1) is 0 Å². The number of hydrogen-bond donors (Lipinski definition) is 0. The van der Waals surface area contributed by atoms with Gasteiger partial charge >= 0.3 is 0 Å². The SMILES string of the molecule is Fc1c(-c2ccccc2)cc(Cl)c(-c2ccccc2)c1-c1ccccc1. The molecule has 0 unspecified atom stereocenters. The van der Waals surface area contributed by atoms with Gasteiger partial charge in [-0.05, 0) is 22.8 Å². The summed E-state index contributed by atoms with van der Waals surface area (Å²) in [7, 11) is 0. The normalized spacial score (nSPS) is 10.7. The van der Waals surface area contributed by atoms with E-state index >= 15 is 4.39 Å². The molecule has 0 aliphatic carbocycles. The minimum Gasteiger partial charge on any atom is -0.206 e. The van der Waals surface area contributed by atoms with Gasteiger partial charge in [0.1, 0.15) is 5.82 Å². The third-order valence-electron chi connectivity index (χ3n) is 4.43. The van der Waals surface area contributed by atoms with Crippen molar-refractivity contribution in [3.63, 3.8) is 0 Å². The fourth-order valence-corrected chi connectivity index (χ4v) is 3.53. The van der Waals surface area contributed by atoms with Crippen molar-refractivity contribution < 1.29 is 4.39 Å². The maximum Gasteiger partial charge on any atom is 0.139 e. The van der Waals surface area contributed by atoms with Crippen molar-refractivity contribution in [1.82, 2.24) is 0 Å². The molecular formula is C24H16ClF. The van der Waals surface area contributed by atoms with E-state index in [9.17, 15) is 0 Å². The molecule has 0 aliphatic heterocycles. The van der Waals surface area contributed by atoms with Gasteiger partial charge in [-0.3, -0.25) is 0 Å². The zero-order valence-electron chi connectivity index (χ0n) is 14.0. The monoisotopic (exact) mass is 358 g/mol. The predicted octanol–water partition coefficient (Wildman–Crippen LogP) is 7.48. The first kappa shape index (κ1) is 16.6. The molecule has 0 nitrogen and oxygen atoms in total. The average Bonchev–Trinajstić information content (AvgIpc) is 2.71. The highest BCUT2D eigenvalue weighted by atomic mass is 35.5. The molecule has 26 heavy (non-hydrogen) atoms. The summed E-state index contributed by atoms with van der Waals surface area (Å²) < 4.78 is 15.7. The van der Waals surface area contributed by atoms with Gasteiger partial charge in [0.15, 0.2) is 0 Å². The van der Waals surface area contributed by atoms with Gasteiger partial charge in [0.05, 0.1) is 0 Å². The summed E-state index contributed by atoms with van der Waals surface area (Å²) in [5.74, 6) is -0.259. The Bertz CT molecular complexity index is 1030. The molecule has 0 aromatic heterocycles. The Kier molecular flexibility index (Phi) is 4.55. The molecule has 0 aliphatic rings. The molecule has 0 fully saturated rings. The highest BCUT2D eigenvalue weighted by Gasteiger charge is 2.20. The zero-order chi connectivity index (χ0) is 17.9. The molecule has 4 aromatic rings. The highest BCUT2D eigenvalue weighted by molar-refractivity contribution is 6.34. The molecule has 0 bridgehead atoms. The second kappa shape index (κ2) is 7.15. The summed E-state index contributed by atoms with van der Waals surface area (Å²) in [6.45, 7) is 0. The molecule has 0 N–H and O–H groups in total. The minimum atomic E-state index is -0.259. The van der Waals surface area contributed by atoms with Crippen LogP contribution in [0, 0.1) is 5.82 Å². The zero-order valence-corrected chi connectivity index (χ0v) is 14.7. The Balaban J connectivity index is 2.06. The molecule has 0 atom stereocenters. The van der Waals surface area contributed by atoms with Crippen LogP contribution in [0.1, 0.15) is 0 Å². The van der Waals surface area contributed by atoms with E-state index in [1.807, 2.05) is 91.0 Å². The molecule has 0 amide bonds. The molecule has 0 saturated carbocycles. The second-order valence-corrected chi connectivity index (χ2v) is 6.48. The largest absolute Gasteiger partial charge is 0.206 e. The summed E-state index contributed by atoms with van der Waals surface area (Å²) in [4.78, 5) is 0. The molecule has 0 spiro atoms. The number of rotatable bonds is 3. The first-order valence-electron chi connectivity index (χ1n) is 8.44. The fourth-order valence-electron chi connectivity index (χ4n) is 3.22. The van der Waals surface area contributed by atoms with Crippen LogP contribution < -0.4 is 0 Å². The van der Waals surface area contributed by atoms with Crippen LogP contribution in [0.25, 0.3) is 33.4 Å². The first-order chi connectivity index (χ1) is 12.8. The van der Waals surface area contributed by atoms with E-state index in [4.69, 9.17) is 11.6 Å². The van der Waals surface area contributed by atoms with Crippen molar-refractivity contribution in [3.05, 3.63) is 108 Å². The van der Waals surface area contributed by atoms with E-state index < -0.39 is 0 Å². The van der Waals surface area contributed by atoms with Gasteiger partial charge < -0.3 is 0 Å². The Labute approximate surface area is 157 Å². The van der Waals surface area contributed by atoms with Gasteiger partial charge in [0, 0.05) is 21.7 Å². The molecular weight excluding hydrogens is 343 g/mol. The van der Waals surface area contributed by atoms with E-state index in [-0.39, 0.29) is 5.82 Å². The average molecular weight is 359 g/mol. The molecule has 126 valence electrons. The minimum absolute atomic E-state index is 0.259. The summed E-state index contributed by atoms with van der Waals surface area (Å²) in [5, 5.41) is 0.537. The van der Waals surface area contributed by atoms with Crippen molar-refractivity contribution in [1.29, 1.82) is 0 Å². The number of benzene rings is 4. The topological polar surface area (TPSA) is 0 Å². The van der Waals surface area contributed by atoms with E-state index in [1.165, 1.54) is 0 Å².